The monoisotopic (exact) mass is 655 g/mol. The summed E-state index contributed by atoms with van der Waals surface area (Å²) in [6, 6.07) is 2.35. The van der Waals surface area contributed by atoms with Gasteiger partial charge in [0.2, 0.25) is 5.95 Å². The lowest BCUT2D eigenvalue weighted by Crippen LogP contribution is -2.60. The number of carbonyl (C=O) groups excluding carboxylic acids is 1. The van der Waals surface area contributed by atoms with Crippen molar-refractivity contribution < 1.29 is 23.1 Å². The Morgan fingerprint density at radius 1 is 1.09 bits per heavy atom. The molecule has 4 aromatic rings. The first-order valence-electron chi connectivity index (χ1n) is 15.1. The van der Waals surface area contributed by atoms with Crippen molar-refractivity contribution in [2.75, 3.05) is 16.8 Å². The molecule has 11 nitrogen and oxygen atoms in total. The average molecular weight is 656 g/mol. The van der Waals surface area contributed by atoms with Gasteiger partial charge in [0, 0.05) is 60.0 Å². The first-order valence-corrected chi connectivity index (χ1v) is 15.4. The van der Waals surface area contributed by atoms with Crippen LogP contribution in [0.15, 0.2) is 49.3 Å². The molecule has 3 N–H and O–H groups in total. The standard InChI is InChI=1S/C31H33ClF3N9O2/c1-16(40-22-4-3-5-26(22)45)25-8-9-43(25)31-37-10-18(11-38-31)17(2)44-15-19(12-39-44)41-30(46)24-14-36-13-23(42-24)27-20(29(34)35)6-7-21(32)28(27)33/h6-7,10-17,22,25-26,29,40,45H,3-5,8-9H2,1-2H3,(H,41,46)/t16-,17?,22-,25?,26-/m1/s1. The van der Waals surface area contributed by atoms with E-state index in [0.717, 1.165) is 62.3 Å². The highest BCUT2D eigenvalue weighted by atomic mass is 35.5. The Morgan fingerprint density at radius 3 is 2.54 bits per heavy atom. The minimum atomic E-state index is -2.99. The highest BCUT2D eigenvalue weighted by molar-refractivity contribution is 6.31. The molecule has 4 heterocycles. The third kappa shape index (κ3) is 6.42. The van der Waals surface area contributed by atoms with Crippen LogP contribution in [0.1, 0.15) is 73.6 Å². The Balaban J connectivity index is 1.10. The van der Waals surface area contributed by atoms with Gasteiger partial charge in [-0.2, -0.15) is 5.10 Å². The number of nitrogens with zero attached hydrogens (tertiary/aromatic N) is 7. The molecule has 5 atom stereocenters. The highest BCUT2D eigenvalue weighted by Crippen LogP contribution is 2.35. The number of aliphatic hydroxyl groups is 1. The van der Waals surface area contributed by atoms with Gasteiger partial charge in [-0.3, -0.25) is 14.5 Å². The van der Waals surface area contributed by atoms with E-state index in [1.54, 1.807) is 23.3 Å². The van der Waals surface area contributed by atoms with Crippen LogP contribution in [0.5, 0.6) is 0 Å². The molecule has 6 rings (SSSR count). The van der Waals surface area contributed by atoms with Crippen LogP contribution in [0.25, 0.3) is 11.3 Å². The van der Waals surface area contributed by atoms with Crippen molar-refractivity contribution in [2.45, 2.75) is 76.2 Å². The van der Waals surface area contributed by atoms with Crippen molar-refractivity contribution in [1.29, 1.82) is 0 Å². The zero-order valence-corrected chi connectivity index (χ0v) is 25.9. The van der Waals surface area contributed by atoms with Gasteiger partial charge in [0.25, 0.3) is 12.3 Å². The number of amides is 1. The number of alkyl halides is 2. The van der Waals surface area contributed by atoms with Crippen LogP contribution < -0.4 is 15.5 Å². The molecule has 2 fully saturated rings. The predicted molar refractivity (Wildman–Crippen MR) is 165 cm³/mol. The number of aliphatic hydroxyl groups excluding tert-OH is 1. The van der Waals surface area contributed by atoms with Gasteiger partial charge in [0.05, 0.1) is 47.1 Å². The molecule has 3 aromatic heterocycles. The molecule has 1 saturated carbocycles. The van der Waals surface area contributed by atoms with Crippen molar-refractivity contribution in [3.05, 3.63) is 77.0 Å². The number of hydrogen-bond donors (Lipinski definition) is 3. The molecule has 242 valence electrons. The number of hydrogen-bond acceptors (Lipinski definition) is 9. The van der Waals surface area contributed by atoms with Crippen molar-refractivity contribution in [2.24, 2.45) is 0 Å². The highest BCUT2D eigenvalue weighted by Gasteiger charge is 2.37. The van der Waals surface area contributed by atoms with Gasteiger partial charge in [-0.15, -0.1) is 0 Å². The lowest BCUT2D eigenvalue weighted by Gasteiger charge is -2.45. The summed E-state index contributed by atoms with van der Waals surface area (Å²) in [5.74, 6) is -1.12. The maximum atomic E-state index is 14.8. The van der Waals surface area contributed by atoms with Crippen molar-refractivity contribution >= 4 is 29.1 Å². The predicted octanol–water partition coefficient (Wildman–Crippen LogP) is 5.19. The molecule has 2 aliphatic rings. The van der Waals surface area contributed by atoms with Crippen LogP contribution in [0.2, 0.25) is 5.02 Å². The molecule has 1 saturated heterocycles. The normalized spacial score (nSPS) is 20.9. The summed E-state index contributed by atoms with van der Waals surface area (Å²) in [5.41, 5.74) is -0.439. The molecule has 1 aliphatic carbocycles. The maximum absolute atomic E-state index is 14.8. The summed E-state index contributed by atoms with van der Waals surface area (Å²) in [6.45, 7) is 4.91. The molecular formula is C31H33ClF3N9O2. The zero-order chi connectivity index (χ0) is 32.5. The van der Waals surface area contributed by atoms with Crippen molar-refractivity contribution in [3.8, 4) is 11.3 Å². The Bertz CT molecular complexity index is 1710. The first-order chi connectivity index (χ1) is 22.1. The Hall–Kier alpha value is -4.14. The second-order valence-electron chi connectivity index (χ2n) is 11.7. The number of benzene rings is 1. The van der Waals surface area contributed by atoms with Gasteiger partial charge in [0.1, 0.15) is 5.69 Å². The van der Waals surface area contributed by atoms with E-state index in [1.165, 1.54) is 6.20 Å². The molecule has 1 aliphatic heterocycles. The van der Waals surface area contributed by atoms with Crippen LogP contribution in [0.4, 0.5) is 24.8 Å². The van der Waals surface area contributed by atoms with E-state index >= 15 is 0 Å². The van der Waals surface area contributed by atoms with Crippen LogP contribution in [-0.2, 0) is 0 Å². The van der Waals surface area contributed by atoms with Gasteiger partial charge in [-0.1, -0.05) is 17.7 Å². The number of nitrogens with one attached hydrogen (secondary N) is 2. The van der Waals surface area contributed by atoms with Crippen molar-refractivity contribution in [1.82, 2.24) is 35.0 Å². The molecule has 46 heavy (non-hydrogen) atoms. The van der Waals surface area contributed by atoms with Crippen molar-refractivity contribution in [3.63, 3.8) is 0 Å². The van der Waals surface area contributed by atoms with E-state index in [2.05, 4.69) is 47.5 Å². The molecule has 1 aromatic carbocycles. The second kappa shape index (κ2) is 13.3. The van der Waals surface area contributed by atoms with Crippen LogP contribution in [0, 0.1) is 5.82 Å². The average Bonchev–Trinajstić information content (AvgIpc) is 3.66. The van der Waals surface area contributed by atoms with Gasteiger partial charge >= 0.3 is 0 Å². The maximum Gasteiger partial charge on any atom is 0.275 e. The van der Waals surface area contributed by atoms with E-state index < -0.39 is 29.3 Å². The fourth-order valence-corrected chi connectivity index (χ4v) is 6.18. The van der Waals surface area contributed by atoms with Crippen LogP contribution in [0.3, 0.4) is 0 Å². The molecule has 0 bridgehead atoms. The summed E-state index contributed by atoms with van der Waals surface area (Å²) in [5, 5.41) is 20.4. The van der Waals surface area contributed by atoms with Gasteiger partial charge in [-0.05, 0) is 45.6 Å². The fourth-order valence-electron chi connectivity index (χ4n) is 6.02. The van der Waals surface area contributed by atoms with Crippen LogP contribution in [-0.4, -0.2) is 71.5 Å². The summed E-state index contributed by atoms with van der Waals surface area (Å²) < 4.78 is 43.6. The summed E-state index contributed by atoms with van der Waals surface area (Å²) >= 11 is 5.82. The summed E-state index contributed by atoms with van der Waals surface area (Å²) in [4.78, 5) is 32.4. The molecule has 15 heteroatoms. The zero-order valence-electron chi connectivity index (χ0n) is 25.1. The molecular weight excluding hydrogens is 623 g/mol. The number of aromatic nitrogens is 6. The smallest absolute Gasteiger partial charge is 0.275 e. The van der Waals surface area contributed by atoms with E-state index in [1.807, 2.05) is 6.92 Å². The lowest BCUT2D eigenvalue weighted by molar-refractivity contribution is 0.102. The quantitative estimate of drug-likeness (QED) is 0.211. The largest absolute Gasteiger partial charge is 0.392 e. The third-order valence-corrected chi connectivity index (χ3v) is 9.03. The van der Waals surface area contributed by atoms with E-state index in [0.29, 0.717) is 11.6 Å². The van der Waals surface area contributed by atoms with E-state index in [4.69, 9.17) is 11.6 Å². The Kier molecular flexibility index (Phi) is 9.20. The topological polar surface area (TPSA) is 134 Å². The lowest BCUT2D eigenvalue weighted by atomic mass is 9.95. The fraction of sp³-hybridized carbons (Fsp3) is 0.419. The minimum Gasteiger partial charge on any atom is -0.392 e. The van der Waals surface area contributed by atoms with Crippen LogP contribution >= 0.6 is 11.6 Å². The van der Waals surface area contributed by atoms with Gasteiger partial charge in [-0.25, -0.2) is 28.1 Å². The van der Waals surface area contributed by atoms with E-state index in [-0.39, 0.29) is 46.7 Å². The van der Waals surface area contributed by atoms with E-state index in [9.17, 15) is 23.1 Å². The third-order valence-electron chi connectivity index (χ3n) is 8.74. The second-order valence-corrected chi connectivity index (χ2v) is 12.1. The van der Waals surface area contributed by atoms with Gasteiger partial charge < -0.3 is 20.6 Å². The Morgan fingerprint density at radius 2 is 1.87 bits per heavy atom. The number of halogens is 4. The minimum absolute atomic E-state index is 0.128. The molecule has 0 spiro atoms. The molecule has 0 radical (unpaired) electrons. The number of carbonyl (C=O) groups is 1. The molecule has 1 amide bonds. The molecule has 2 unspecified atom stereocenters. The van der Waals surface area contributed by atoms with Gasteiger partial charge in [0.15, 0.2) is 5.82 Å². The first kappa shape index (κ1) is 31.8. The summed E-state index contributed by atoms with van der Waals surface area (Å²) in [6.07, 6.45) is 9.41. The SMILES string of the molecule is CC(c1cnc(N2CCC2[C@@H](C)N[C@@H]2CCC[C@H]2O)nc1)n1cc(NC(=O)c2cncc(-c3c(C(F)F)ccc(Cl)c3F)n2)cn1. The number of anilines is 2. The Labute approximate surface area is 268 Å². The number of rotatable bonds is 10. The summed E-state index contributed by atoms with van der Waals surface area (Å²) in [7, 11) is 0.